The first-order chi connectivity index (χ1) is 23.4. The van der Waals surface area contributed by atoms with Crippen molar-refractivity contribution in [1.82, 2.24) is 0 Å². The van der Waals surface area contributed by atoms with Crippen LogP contribution in [0.3, 0.4) is 0 Å². The smallest absolute Gasteiger partial charge is 0.261 e. The molecule has 0 fully saturated rings. The van der Waals surface area contributed by atoms with Crippen LogP contribution in [0.4, 0.5) is 5.69 Å². The SMILES string of the molecule is COc1ccc(C)c(-c2c(C(C)C)cc(C(C)C)cc2C(C)C)c1P(C(C)(C)C)C(C)(C)C.CS(=O)(=O)O.Nc1ccccc1-c1ccccc1.[Pd]. The monoisotopic (exact) mass is 839 g/mol. The summed E-state index contributed by atoms with van der Waals surface area (Å²) in [6.45, 7) is 30.7. The van der Waals surface area contributed by atoms with E-state index in [2.05, 4.69) is 126 Å². The Morgan fingerprint density at radius 2 is 1.15 bits per heavy atom. The molecule has 0 atom stereocenters. The molecule has 0 heterocycles. The molecule has 0 bridgehead atoms. The molecule has 0 amide bonds. The maximum atomic E-state index is 9.19. The fourth-order valence-corrected chi connectivity index (χ4v) is 10.9. The number of rotatable bonds is 7. The van der Waals surface area contributed by atoms with E-state index < -0.39 is 18.0 Å². The molecule has 290 valence electrons. The van der Waals surface area contributed by atoms with Crippen LogP contribution in [0.2, 0.25) is 0 Å². The Labute approximate surface area is 331 Å². The van der Waals surface area contributed by atoms with Crippen LogP contribution in [0.15, 0.2) is 78.9 Å². The Balaban J connectivity index is 0.000000581. The number of methoxy groups -OCH3 is 1. The Morgan fingerprint density at radius 1 is 0.712 bits per heavy atom. The van der Waals surface area contributed by atoms with Crippen LogP contribution in [-0.4, -0.2) is 36.6 Å². The summed E-state index contributed by atoms with van der Waals surface area (Å²) in [5.74, 6) is 2.46. The van der Waals surface area contributed by atoms with Gasteiger partial charge in [-0.1, -0.05) is 158 Å². The number of hydrogen-bond donors (Lipinski definition) is 2. The van der Waals surface area contributed by atoms with Gasteiger partial charge in [-0.2, -0.15) is 8.42 Å². The number of aryl methyl sites for hydroxylation is 1. The van der Waals surface area contributed by atoms with Gasteiger partial charge < -0.3 is 10.5 Å². The van der Waals surface area contributed by atoms with E-state index >= 15 is 0 Å². The summed E-state index contributed by atoms with van der Waals surface area (Å²) >= 11 is 0. The molecule has 4 aromatic rings. The second-order valence-corrected chi connectivity index (χ2v) is 21.5. The number of hydrogen-bond acceptors (Lipinski definition) is 4. The number of nitrogen functional groups attached to an aromatic ring is 1. The predicted octanol–water partition coefficient (Wildman–Crippen LogP) is 12.2. The van der Waals surface area contributed by atoms with Gasteiger partial charge in [0.05, 0.1) is 13.4 Å². The molecule has 0 saturated carbocycles. The van der Waals surface area contributed by atoms with E-state index in [0.29, 0.717) is 24.0 Å². The van der Waals surface area contributed by atoms with Gasteiger partial charge in [-0.25, -0.2) is 0 Å². The van der Waals surface area contributed by atoms with Gasteiger partial charge in [-0.05, 0) is 86.1 Å². The van der Waals surface area contributed by atoms with Crippen LogP contribution in [0.1, 0.15) is 123 Å². The van der Waals surface area contributed by atoms with Gasteiger partial charge in [-0.3, -0.25) is 4.55 Å². The Hall–Kier alpha value is -2.52. The van der Waals surface area contributed by atoms with E-state index in [9.17, 15) is 8.42 Å². The Morgan fingerprint density at radius 3 is 1.54 bits per heavy atom. The first-order valence-electron chi connectivity index (χ1n) is 17.9. The first-order valence-corrected chi connectivity index (χ1v) is 21.1. The summed E-state index contributed by atoms with van der Waals surface area (Å²) in [7, 11) is -2.36. The average molecular weight is 840 g/mol. The summed E-state index contributed by atoms with van der Waals surface area (Å²) in [5, 5.41) is 1.74. The molecule has 8 heteroatoms. The molecule has 3 N–H and O–H groups in total. The van der Waals surface area contributed by atoms with Crippen molar-refractivity contribution in [3.05, 3.63) is 101 Å². The second-order valence-electron chi connectivity index (χ2n) is 16.2. The summed E-state index contributed by atoms with van der Waals surface area (Å²) in [5.41, 5.74) is 17.6. The van der Waals surface area contributed by atoms with Crippen molar-refractivity contribution in [2.75, 3.05) is 19.1 Å². The van der Waals surface area contributed by atoms with Crippen LogP contribution in [0, 0.1) is 6.92 Å². The van der Waals surface area contributed by atoms with E-state index in [1.54, 1.807) is 0 Å². The molecule has 52 heavy (non-hydrogen) atoms. The van der Waals surface area contributed by atoms with E-state index in [4.69, 9.17) is 15.0 Å². The number of ether oxygens (including phenoxy) is 1. The van der Waals surface area contributed by atoms with Gasteiger partial charge >= 0.3 is 0 Å². The third-order valence-corrected chi connectivity index (χ3v) is 12.1. The molecule has 0 aliphatic carbocycles. The van der Waals surface area contributed by atoms with Crippen molar-refractivity contribution in [2.45, 2.75) is 118 Å². The minimum Gasteiger partial charge on any atom is -0.496 e. The van der Waals surface area contributed by atoms with E-state index in [1.807, 2.05) is 49.6 Å². The van der Waals surface area contributed by atoms with E-state index in [-0.39, 0.29) is 30.7 Å². The second kappa shape index (κ2) is 19.7. The zero-order valence-corrected chi connectivity index (χ0v) is 37.4. The molecule has 0 aromatic heterocycles. The minimum atomic E-state index is -3.67. The molecule has 4 aromatic carbocycles. The van der Waals surface area contributed by atoms with Crippen molar-refractivity contribution in [3.63, 3.8) is 0 Å². The molecule has 0 radical (unpaired) electrons. The number of benzene rings is 4. The summed E-state index contributed by atoms with van der Waals surface area (Å²) in [6.07, 6.45) is 0.715. The standard InChI is InChI=1S/C31H49OP.C12H11N.CH4O3S.Pd/c1-19(2)23-17-24(20(3)4)28(25(18-23)21(5)6)27-22(7)15-16-26(32-14)29(27)33(30(8,9)10)31(11,12)13;13-12-9-5-4-8-11(12)10-6-2-1-3-7-10;1-5(2,3)4;/h15-21H,1-14H3;1-9H,13H2;1H3,(H,2,3,4);. The van der Waals surface area contributed by atoms with Crippen LogP contribution in [-0.2, 0) is 30.5 Å². The van der Waals surface area contributed by atoms with Crippen molar-refractivity contribution in [1.29, 1.82) is 0 Å². The van der Waals surface area contributed by atoms with Crippen LogP contribution in [0.25, 0.3) is 22.3 Å². The Kier molecular flexibility index (Phi) is 18.0. The summed E-state index contributed by atoms with van der Waals surface area (Å²) in [6, 6.07) is 27.5. The number of nitrogens with two attached hydrogens (primary N) is 1. The fourth-order valence-electron chi connectivity index (χ4n) is 6.67. The van der Waals surface area contributed by atoms with E-state index in [1.165, 1.54) is 44.2 Å². The number of para-hydroxylation sites is 1. The van der Waals surface area contributed by atoms with Crippen LogP contribution < -0.4 is 15.8 Å². The normalized spacial score (nSPS) is 11.8. The molecule has 0 aliphatic heterocycles. The van der Waals surface area contributed by atoms with E-state index in [0.717, 1.165) is 17.0 Å². The third-order valence-electron chi connectivity index (χ3n) is 8.56. The van der Waals surface area contributed by atoms with Crippen molar-refractivity contribution < 1.29 is 38.1 Å². The van der Waals surface area contributed by atoms with Crippen LogP contribution >= 0.6 is 7.92 Å². The van der Waals surface area contributed by atoms with Crippen molar-refractivity contribution >= 4 is 29.0 Å². The molecule has 0 unspecified atom stereocenters. The maximum absolute atomic E-state index is 9.19. The molecule has 0 spiro atoms. The molecule has 0 saturated heterocycles. The maximum Gasteiger partial charge on any atom is 0.261 e. The summed E-state index contributed by atoms with van der Waals surface area (Å²) < 4.78 is 32.0. The number of anilines is 1. The van der Waals surface area contributed by atoms with Crippen LogP contribution in [0.5, 0.6) is 5.75 Å². The average Bonchev–Trinajstić information content (AvgIpc) is 2.99. The van der Waals surface area contributed by atoms with Gasteiger partial charge in [0.15, 0.2) is 0 Å². The zero-order valence-electron chi connectivity index (χ0n) is 34.2. The zero-order chi connectivity index (χ0) is 39.1. The fraction of sp³-hybridized carbons (Fsp3) is 0.455. The van der Waals surface area contributed by atoms with Gasteiger partial charge in [0.1, 0.15) is 5.75 Å². The topological polar surface area (TPSA) is 89.6 Å². The van der Waals surface area contributed by atoms with Crippen molar-refractivity contribution in [2.24, 2.45) is 0 Å². The molecule has 0 aliphatic rings. The minimum absolute atomic E-state index is 0. The molecule has 5 nitrogen and oxygen atoms in total. The third kappa shape index (κ3) is 13.4. The first kappa shape index (κ1) is 47.5. The molecular formula is C44H64NO4PPdS. The summed E-state index contributed by atoms with van der Waals surface area (Å²) in [4.78, 5) is 0. The predicted molar refractivity (Wildman–Crippen MR) is 225 cm³/mol. The molecular weight excluding hydrogens is 776 g/mol. The largest absolute Gasteiger partial charge is 0.496 e. The van der Waals surface area contributed by atoms with Gasteiger partial charge in [-0.15, -0.1) is 0 Å². The van der Waals surface area contributed by atoms with Gasteiger partial charge in [0.2, 0.25) is 0 Å². The molecule has 4 rings (SSSR count). The van der Waals surface area contributed by atoms with Crippen molar-refractivity contribution in [3.8, 4) is 28.0 Å². The quantitative estimate of drug-likeness (QED) is 0.0837. The van der Waals surface area contributed by atoms with Gasteiger partial charge in [0.25, 0.3) is 10.1 Å². The Bertz CT molecular complexity index is 1790. The van der Waals surface area contributed by atoms with Gasteiger partial charge in [0, 0.05) is 37.0 Å².